The summed E-state index contributed by atoms with van der Waals surface area (Å²) in [6.45, 7) is 3.18. The van der Waals surface area contributed by atoms with Gasteiger partial charge in [0.05, 0.1) is 0 Å². The second kappa shape index (κ2) is 10.1. The SMILES string of the molecule is CC[C@H](CC(=O)N1CCC(CC(=O)O)C1)NC(=O)OCC1c2ccccc2-c2ccccc21. The monoisotopic (exact) mass is 450 g/mol. The van der Waals surface area contributed by atoms with Crippen LogP contribution in [-0.4, -0.2) is 53.7 Å². The largest absolute Gasteiger partial charge is 0.481 e. The van der Waals surface area contributed by atoms with Gasteiger partial charge < -0.3 is 20.1 Å². The molecule has 1 unspecified atom stereocenters. The second-order valence-electron chi connectivity index (χ2n) is 8.87. The molecule has 2 atom stereocenters. The molecule has 2 N–H and O–H groups in total. The molecule has 4 rings (SSSR count). The van der Waals surface area contributed by atoms with Gasteiger partial charge >= 0.3 is 12.1 Å². The van der Waals surface area contributed by atoms with Crippen LogP contribution in [0.25, 0.3) is 11.1 Å². The lowest BCUT2D eigenvalue weighted by Crippen LogP contribution is -2.40. The van der Waals surface area contributed by atoms with Gasteiger partial charge in [-0.2, -0.15) is 0 Å². The number of likely N-dealkylation sites (tertiary alicyclic amines) is 1. The van der Waals surface area contributed by atoms with Crippen molar-refractivity contribution in [2.75, 3.05) is 19.7 Å². The Hall–Kier alpha value is -3.35. The summed E-state index contributed by atoms with van der Waals surface area (Å²) in [5.41, 5.74) is 4.65. The Balaban J connectivity index is 1.30. The molecule has 0 aromatic heterocycles. The van der Waals surface area contributed by atoms with Crippen LogP contribution in [0, 0.1) is 5.92 Å². The number of amides is 2. The number of fused-ring (bicyclic) bond motifs is 3. The fourth-order valence-corrected chi connectivity index (χ4v) is 4.92. The van der Waals surface area contributed by atoms with Crippen LogP contribution in [0.2, 0.25) is 0 Å². The third-order valence-corrected chi connectivity index (χ3v) is 6.68. The van der Waals surface area contributed by atoms with Gasteiger partial charge in [0, 0.05) is 37.9 Å². The first-order chi connectivity index (χ1) is 16.0. The van der Waals surface area contributed by atoms with Crippen molar-refractivity contribution in [2.24, 2.45) is 5.92 Å². The second-order valence-corrected chi connectivity index (χ2v) is 8.87. The molecule has 7 nitrogen and oxygen atoms in total. The fourth-order valence-electron chi connectivity index (χ4n) is 4.92. The number of benzene rings is 2. The lowest BCUT2D eigenvalue weighted by molar-refractivity contribution is -0.138. The normalized spacial score (nSPS) is 17.8. The Kier molecular flexibility index (Phi) is 6.96. The fraction of sp³-hybridized carbons (Fsp3) is 0.423. The molecule has 1 saturated heterocycles. The summed E-state index contributed by atoms with van der Waals surface area (Å²) in [7, 11) is 0. The highest BCUT2D eigenvalue weighted by Gasteiger charge is 2.31. The smallest absolute Gasteiger partial charge is 0.407 e. The molecule has 1 heterocycles. The molecule has 0 spiro atoms. The van der Waals surface area contributed by atoms with Crippen molar-refractivity contribution < 1.29 is 24.2 Å². The van der Waals surface area contributed by atoms with E-state index >= 15 is 0 Å². The van der Waals surface area contributed by atoms with Crippen LogP contribution in [0.1, 0.15) is 49.7 Å². The van der Waals surface area contributed by atoms with Gasteiger partial charge in [0.25, 0.3) is 0 Å². The lowest BCUT2D eigenvalue weighted by Gasteiger charge is -2.22. The first-order valence-corrected chi connectivity index (χ1v) is 11.6. The number of carboxylic acids is 1. The number of carbonyl (C=O) groups excluding carboxylic acids is 2. The van der Waals surface area contributed by atoms with Crippen LogP contribution in [-0.2, 0) is 14.3 Å². The molecule has 1 fully saturated rings. The van der Waals surface area contributed by atoms with E-state index in [4.69, 9.17) is 9.84 Å². The number of carboxylic acid groups (broad SMARTS) is 1. The molecular formula is C26H30N2O5. The maximum atomic E-state index is 12.7. The molecule has 0 radical (unpaired) electrons. The van der Waals surface area contributed by atoms with Crippen molar-refractivity contribution in [1.29, 1.82) is 0 Å². The number of nitrogens with zero attached hydrogens (tertiary/aromatic N) is 1. The quantitative estimate of drug-likeness (QED) is 0.633. The number of ether oxygens (including phenoxy) is 1. The Morgan fingerprint density at radius 2 is 1.73 bits per heavy atom. The van der Waals surface area contributed by atoms with Crippen molar-refractivity contribution in [3.63, 3.8) is 0 Å². The average Bonchev–Trinajstić information content (AvgIpc) is 3.39. The molecular weight excluding hydrogens is 420 g/mol. The summed E-state index contributed by atoms with van der Waals surface area (Å²) >= 11 is 0. The summed E-state index contributed by atoms with van der Waals surface area (Å²) in [6, 6.07) is 16.0. The maximum Gasteiger partial charge on any atom is 0.407 e. The zero-order valence-corrected chi connectivity index (χ0v) is 18.8. The molecule has 0 saturated carbocycles. The van der Waals surface area contributed by atoms with Gasteiger partial charge in [0.1, 0.15) is 6.61 Å². The van der Waals surface area contributed by atoms with E-state index in [0.717, 1.165) is 11.1 Å². The van der Waals surface area contributed by atoms with Gasteiger partial charge in [-0.15, -0.1) is 0 Å². The molecule has 1 aliphatic carbocycles. The Labute approximate surface area is 193 Å². The molecule has 174 valence electrons. The van der Waals surface area contributed by atoms with Gasteiger partial charge in [-0.1, -0.05) is 55.5 Å². The van der Waals surface area contributed by atoms with Gasteiger partial charge in [0.15, 0.2) is 0 Å². The predicted octanol–water partition coefficient (Wildman–Crippen LogP) is 4.02. The number of aliphatic carboxylic acids is 1. The number of hydrogen-bond donors (Lipinski definition) is 2. The molecule has 2 amide bonds. The minimum atomic E-state index is -0.836. The summed E-state index contributed by atoms with van der Waals surface area (Å²) in [5.74, 6) is -0.909. The third kappa shape index (κ3) is 5.18. The van der Waals surface area contributed by atoms with Crippen LogP contribution in [0.3, 0.4) is 0 Å². The van der Waals surface area contributed by atoms with Crippen LogP contribution >= 0.6 is 0 Å². The summed E-state index contributed by atoms with van der Waals surface area (Å²) in [4.78, 5) is 37.8. The van der Waals surface area contributed by atoms with Crippen LogP contribution in [0.4, 0.5) is 4.79 Å². The van der Waals surface area contributed by atoms with Crippen LogP contribution < -0.4 is 5.32 Å². The summed E-state index contributed by atoms with van der Waals surface area (Å²) < 4.78 is 5.60. The number of carbonyl (C=O) groups is 3. The van der Waals surface area contributed by atoms with E-state index in [9.17, 15) is 14.4 Å². The van der Waals surface area contributed by atoms with E-state index < -0.39 is 12.1 Å². The average molecular weight is 451 g/mol. The molecule has 2 aromatic carbocycles. The molecule has 2 aromatic rings. The first-order valence-electron chi connectivity index (χ1n) is 11.6. The van der Waals surface area contributed by atoms with Crippen molar-refractivity contribution in [2.45, 2.75) is 44.6 Å². The Bertz CT molecular complexity index is 991. The van der Waals surface area contributed by atoms with E-state index in [1.807, 2.05) is 31.2 Å². The highest BCUT2D eigenvalue weighted by Crippen LogP contribution is 2.44. The number of alkyl carbamates (subject to hydrolysis) is 1. The van der Waals surface area contributed by atoms with Crippen molar-refractivity contribution in [3.05, 3.63) is 59.7 Å². The van der Waals surface area contributed by atoms with Gasteiger partial charge in [-0.3, -0.25) is 9.59 Å². The minimum Gasteiger partial charge on any atom is -0.481 e. The van der Waals surface area contributed by atoms with Gasteiger partial charge in [-0.05, 0) is 41.0 Å². The zero-order chi connectivity index (χ0) is 23.4. The molecule has 7 heteroatoms. The summed E-state index contributed by atoms with van der Waals surface area (Å²) in [5, 5.41) is 11.8. The number of hydrogen-bond acceptors (Lipinski definition) is 4. The van der Waals surface area contributed by atoms with Crippen molar-refractivity contribution >= 4 is 18.0 Å². The summed E-state index contributed by atoms with van der Waals surface area (Å²) in [6.07, 6.45) is 1.04. The van der Waals surface area contributed by atoms with Gasteiger partial charge in [-0.25, -0.2) is 4.79 Å². The van der Waals surface area contributed by atoms with Crippen molar-refractivity contribution in [3.8, 4) is 11.1 Å². The lowest BCUT2D eigenvalue weighted by atomic mass is 9.98. The van der Waals surface area contributed by atoms with Gasteiger partial charge in [0.2, 0.25) is 5.91 Å². The van der Waals surface area contributed by atoms with E-state index in [1.54, 1.807) is 4.90 Å². The molecule has 0 bridgehead atoms. The number of rotatable bonds is 8. The van der Waals surface area contributed by atoms with E-state index in [1.165, 1.54) is 11.1 Å². The van der Waals surface area contributed by atoms with E-state index in [2.05, 4.69) is 29.6 Å². The molecule has 33 heavy (non-hydrogen) atoms. The first kappa shape index (κ1) is 22.8. The standard InChI is InChI=1S/C26H30N2O5/c1-2-18(14-24(29)28-12-11-17(15-28)13-25(30)31)27-26(32)33-16-23-21-9-5-3-7-19(21)20-8-4-6-10-22(20)23/h3-10,17-18,23H,2,11-16H2,1H3,(H,27,32)(H,30,31)/t17?,18-/m1/s1. The van der Waals surface area contributed by atoms with E-state index in [0.29, 0.717) is 25.9 Å². The zero-order valence-electron chi connectivity index (χ0n) is 18.8. The van der Waals surface area contributed by atoms with Crippen molar-refractivity contribution in [1.82, 2.24) is 10.2 Å². The highest BCUT2D eigenvalue weighted by molar-refractivity contribution is 5.80. The van der Waals surface area contributed by atoms with E-state index in [-0.39, 0.29) is 43.2 Å². The highest BCUT2D eigenvalue weighted by atomic mass is 16.5. The molecule has 1 aliphatic heterocycles. The Morgan fingerprint density at radius 3 is 2.33 bits per heavy atom. The predicted molar refractivity (Wildman–Crippen MR) is 124 cm³/mol. The van der Waals surface area contributed by atoms with Crippen LogP contribution in [0.5, 0.6) is 0 Å². The number of nitrogens with one attached hydrogen (secondary N) is 1. The Morgan fingerprint density at radius 1 is 1.09 bits per heavy atom. The third-order valence-electron chi connectivity index (χ3n) is 6.68. The van der Waals surface area contributed by atoms with Crippen LogP contribution in [0.15, 0.2) is 48.5 Å². The minimum absolute atomic E-state index is 0.00150. The molecule has 2 aliphatic rings. The maximum absolute atomic E-state index is 12.7. The topological polar surface area (TPSA) is 95.9 Å².